The predicted octanol–water partition coefficient (Wildman–Crippen LogP) is 1.77. The second kappa shape index (κ2) is 6.59. The number of carbonyl (C=O) groups excluding carboxylic acids is 1. The first kappa shape index (κ1) is 16.4. The molecule has 0 aliphatic carbocycles. The van der Waals surface area contributed by atoms with Gasteiger partial charge < -0.3 is 14.8 Å². The summed E-state index contributed by atoms with van der Waals surface area (Å²) in [4.78, 5) is 14.4. The first-order chi connectivity index (χ1) is 10.7. The van der Waals surface area contributed by atoms with Gasteiger partial charge in [-0.15, -0.1) is 0 Å². The fourth-order valence-electron chi connectivity index (χ4n) is 3.68. The molecule has 3 heterocycles. The van der Waals surface area contributed by atoms with E-state index in [2.05, 4.69) is 16.3 Å². The normalized spacial score (nSPS) is 30.7. The van der Waals surface area contributed by atoms with E-state index in [1.807, 2.05) is 19.1 Å². The van der Waals surface area contributed by atoms with E-state index in [1.54, 1.807) is 0 Å². The summed E-state index contributed by atoms with van der Waals surface area (Å²) in [6, 6.07) is 6.55. The van der Waals surface area contributed by atoms with Crippen molar-refractivity contribution < 1.29 is 14.3 Å². The van der Waals surface area contributed by atoms with Crippen molar-refractivity contribution in [2.45, 2.75) is 39.0 Å². The molecule has 1 N–H and O–H groups in total. The highest BCUT2D eigenvalue weighted by Gasteiger charge is 2.32. The number of ether oxygens (including phenoxy) is 2. The van der Waals surface area contributed by atoms with E-state index >= 15 is 0 Å². The highest BCUT2D eigenvalue weighted by Crippen LogP contribution is 2.29. The number of carbonyl (C=O) groups is 1. The molecule has 1 aromatic carbocycles. The lowest BCUT2D eigenvalue weighted by Gasteiger charge is -2.42. The van der Waals surface area contributed by atoms with E-state index in [9.17, 15) is 4.79 Å². The van der Waals surface area contributed by atoms with E-state index in [4.69, 9.17) is 9.47 Å². The third kappa shape index (κ3) is 3.13. The van der Waals surface area contributed by atoms with Crippen LogP contribution in [0.3, 0.4) is 0 Å². The number of nitrogens with one attached hydrogen (secondary N) is 1. The molecule has 0 spiro atoms. The molecule has 2 fully saturated rings. The maximum absolute atomic E-state index is 11.9. The molecule has 5 nitrogen and oxygen atoms in total. The maximum atomic E-state index is 11.9. The third-order valence-electron chi connectivity index (χ3n) is 4.90. The number of rotatable bonds is 1. The Labute approximate surface area is 137 Å². The van der Waals surface area contributed by atoms with Gasteiger partial charge in [0, 0.05) is 38.6 Å². The van der Waals surface area contributed by atoms with Crippen LogP contribution in [0, 0.1) is 0 Å². The zero-order chi connectivity index (χ0) is 15.1. The second-order valence-corrected chi connectivity index (χ2v) is 6.51. The van der Waals surface area contributed by atoms with Crippen LogP contribution in [-0.2, 0) is 15.9 Å². The van der Waals surface area contributed by atoms with Gasteiger partial charge in [0.05, 0.1) is 18.3 Å². The fourth-order valence-corrected chi connectivity index (χ4v) is 3.68. The number of hydrogen-bond acceptors (Lipinski definition) is 5. The van der Waals surface area contributed by atoms with E-state index in [0.717, 1.165) is 44.8 Å². The lowest BCUT2D eigenvalue weighted by Crippen LogP contribution is -2.57. The van der Waals surface area contributed by atoms with Crippen LogP contribution in [0.25, 0.3) is 0 Å². The highest BCUT2D eigenvalue weighted by molar-refractivity contribution is 5.92. The van der Waals surface area contributed by atoms with Gasteiger partial charge in [-0.3, -0.25) is 4.90 Å². The molecule has 0 radical (unpaired) electrons. The Morgan fingerprint density at radius 2 is 2.22 bits per heavy atom. The average molecular weight is 318 g/mol. The monoisotopic (exact) mass is 318 g/mol. The minimum absolute atomic E-state index is 0. The van der Waals surface area contributed by atoms with Crippen molar-refractivity contribution in [3.8, 4) is 0 Å². The van der Waals surface area contributed by atoms with Gasteiger partial charge in [-0.05, 0) is 24.1 Å². The van der Waals surface area contributed by atoms with Crippen LogP contribution in [0.5, 0.6) is 0 Å². The first-order valence-electron chi connectivity index (χ1n) is 8.11. The van der Waals surface area contributed by atoms with Gasteiger partial charge in [-0.2, -0.15) is 0 Å². The minimum Gasteiger partial charge on any atom is -0.459 e. The van der Waals surface area contributed by atoms with Crippen LogP contribution in [0.4, 0.5) is 0 Å². The van der Waals surface area contributed by atoms with Crippen molar-refractivity contribution in [1.29, 1.82) is 0 Å². The summed E-state index contributed by atoms with van der Waals surface area (Å²) in [6.45, 7) is 6.80. The Hall–Kier alpha value is -1.43. The molecular formula is C18H26N2O3. The summed E-state index contributed by atoms with van der Waals surface area (Å²) in [6.07, 6.45) is 0.853. The van der Waals surface area contributed by atoms with E-state index in [1.165, 1.54) is 5.56 Å². The van der Waals surface area contributed by atoms with Gasteiger partial charge in [0.15, 0.2) is 0 Å². The molecule has 0 aromatic heterocycles. The standard InChI is InChI=1S/C17H22N2O3.CH4/c1-11-6-13-7-12(2-3-15(13)17(20)22-11)16-9-19-5-4-18-8-14(19)10-21-16;/h2-3,7,11,14,16,18H,4-6,8-10H2,1H3;1H4/t11-,14+,16-;/m0./s1. The Kier molecular flexibility index (Phi) is 4.71. The number of cyclic esters (lactones) is 1. The number of hydrogen-bond donors (Lipinski definition) is 1. The van der Waals surface area contributed by atoms with Crippen molar-refractivity contribution >= 4 is 5.97 Å². The van der Waals surface area contributed by atoms with Crippen LogP contribution >= 0.6 is 0 Å². The summed E-state index contributed by atoms with van der Waals surface area (Å²) in [5.74, 6) is -0.202. The lowest BCUT2D eigenvalue weighted by atomic mass is 9.94. The zero-order valence-electron chi connectivity index (χ0n) is 12.9. The van der Waals surface area contributed by atoms with Crippen LogP contribution in [0.15, 0.2) is 18.2 Å². The number of nitrogens with zero attached hydrogens (tertiary/aromatic N) is 1. The van der Waals surface area contributed by atoms with Crippen molar-refractivity contribution in [2.24, 2.45) is 0 Å². The molecule has 0 unspecified atom stereocenters. The molecule has 3 atom stereocenters. The maximum Gasteiger partial charge on any atom is 0.338 e. The fraction of sp³-hybridized carbons (Fsp3) is 0.611. The van der Waals surface area contributed by atoms with E-state index in [-0.39, 0.29) is 25.6 Å². The Morgan fingerprint density at radius 1 is 1.35 bits per heavy atom. The molecule has 1 aromatic rings. The van der Waals surface area contributed by atoms with Crippen LogP contribution in [0.2, 0.25) is 0 Å². The highest BCUT2D eigenvalue weighted by atomic mass is 16.5. The summed E-state index contributed by atoms with van der Waals surface area (Å²) < 4.78 is 11.4. The summed E-state index contributed by atoms with van der Waals surface area (Å²) in [7, 11) is 0. The largest absolute Gasteiger partial charge is 0.459 e. The van der Waals surface area contributed by atoms with Gasteiger partial charge in [0.2, 0.25) is 0 Å². The van der Waals surface area contributed by atoms with Gasteiger partial charge in [0.25, 0.3) is 0 Å². The van der Waals surface area contributed by atoms with Gasteiger partial charge in [0.1, 0.15) is 6.10 Å². The van der Waals surface area contributed by atoms with Crippen molar-refractivity contribution in [2.75, 3.05) is 32.8 Å². The Morgan fingerprint density at radius 3 is 3.09 bits per heavy atom. The van der Waals surface area contributed by atoms with Crippen molar-refractivity contribution in [3.05, 3.63) is 34.9 Å². The van der Waals surface area contributed by atoms with Crippen molar-refractivity contribution in [1.82, 2.24) is 10.2 Å². The quantitative estimate of drug-likeness (QED) is 0.800. The molecule has 23 heavy (non-hydrogen) atoms. The van der Waals surface area contributed by atoms with Crippen LogP contribution < -0.4 is 5.32 Å². The number of piperazine rings is 1. The Bertz CT molecular complexity index is 590. The summed E-state index contributed by atoms with van der Waals surface area (Å²) >= 11 is 0. The van der Waals surface area contributed by atoms with Gasteiger partial charge in [-0.25, -0.2) is 4.79 Å². The molecular weight excluding hydrogens is 292 g/mol. The summed E-state index contributed by atoms with van der Waals surface area (Å²) in [5, 5.41) is 3.42. The van der Waals surface area contributed by atoms with E-state index < -0.39 is 0 Å². The van der Waals surface area contributed by atoms with Crippen LogP contribution in [0.1, 0.15) is 41.9 Å². The smallest absolute Gasteiger partial charge is 0.338 e. The average Bonchev–Trinajstić information content (AvgIpc) is 2.53. The molecule has 126 valence electrons. The van der Waals surface area contributed by atoms with Gasteiger partial charge in [-0.1, -0.05) is 19.6 Å². The number of fused-ring (bicyclic) bond motifs is 2. The zero-order valence-corrected chi connectivity index (χ0v) is 12.9. The summed E-state index contributed by atoms with van der Waals surface area (Å²) in [5.41, 5.74) is 2.97. The van der Waals surface area contributed by atoms with E-state index in [0.29, 0.717) is 11.6 Å². The molecule has 3 aliphatic rings. The molecule has 0 bridgehead atoms. The predicted molar refractivity (Wildman–Crippen MR) is 88.7 cm³/mol. The SMILES string of the molecule is C.C[C@H]1Cc2cc([C@@H]3CN4CCNC[C@@H]4CO3)ccc2C(=O)O1. The Balaban J connectivity index is 0.00000156. The van der Waals surface area contributed by atoms with Crippen LogP contribution in [-0.4, -0.2) is 55.8 Å². The molecule has 2 saturated heterocycles. The number of morpholine rings is 1. The third-order valence-corrected chi connectivity index (χ3v) is 4.90. The topological polar surface area (TPSA) is 50.8 Å². The number of esters is 1. The molecule has 4 rings (SSSR count). The molecule has 5 heteroatoms. The molecule has 3 aliphatic heterocycles. The van der Waals surface area contributed by atoms with Crippen molar-refractivity contribution in [3.63, 3.8) is 0 Å². The molecule has 0 saturated carbocycles. The second-order valence-electron chi connectivity index (χ2n) is 6.51. The molecule has 0 amide bonds. The minimum atomic E-state index is -0.202. The lowest BCUT2D eigenvalue weighted by molar-refractivity contribution is -0.0718. The first-order valence-corrected chi connectivity index (χ1v) is 8.11. The number of benzene rings is 1. The van der Waals surface area contributed by atoms with Gasteiger partial charge >= 0.3 is 5.97 Å².